The van der Waals surface area contributed by atoms with Crippen LogP contribution < -0.4 is 4.72 Å². The van der Waals surface area contributed by atoms with E-state index in [0.29, 0.717) is 0 Å². The Morgan fingerprint density at radius 3 is 2.55 bits per heavy atom. The number of esters is 1. The Kier molecular flexibility index (Phi) is 4.92. The second kappa shape index (κ2) is 6.24. The molecule has 0 saturated heterocycles. The minimum Gasteiger partial charge on any atom is -0.507 e. The maximum atomic E-state index is 11.7. The Hall–Kier alpha value is -2.29. The van der Waals surface area contributed by atoms with Crippen molar-refractivity contribution in [3.05, 3.63) is 23.8 Å². The third-order valence-electron chi connectivity index (χ3n) is 2.30. The fourth-order valence-corrected chi connectivity index (χ4v) is 2.34. The smallest absolute Gasteiger partial charge is 0.339 e. The summed E-state index contributed by atoms with van der Waals surface area (Å²) in [6, 6.07) is 3.24. The van der Waals surface area contributed by atoms with Crippen LogP contribution >= 0.6 is 0 Å². The van der Waals surface area contributed by atoms with Crippen molar-refractivity contribution >= 4 is 27.6 Å². The van der Waals surface area contributed by atoms with Crippen LogP contribution in [0.15, 0.2) is 18.2 Å². The summed E-state index contributed by atoms with van der Waals surface area (Å²) in [6.45, 7) is 0. The summed E-state index contributed by atoms with van der Waals surface area (Å²) in [5.74, 6) is -3.04. The number of hydrogen-bond donors (Lipinski definition) is 3. The number of methoxy groups -OCH3 is 1. The maximum Gasteiger partial charge on any atom is 0.339 e. The third kappa shape index (κ3) is 4.43. The zero-order valence-corrected chi connectivity index (χ0v) is 11.3. The van der Waals surface area contributed by atoms with E-state index in [4.69, 9.17) is 5.11 Å². The normalized spacial score (nSPS) is 10.8. The molecule has 0 bridgehead atoms. The van der Waals surface area contributed by atoms with E-state index in [2.05, 4.69) is 9.46 Å². The highest BCUT2D eigenvalue weighted by Crippen LogP contribution is 2.22. The molecule has 0 saturated carbocycles. The zero-order chi connectivity index (χ0) is 15.3. The maximum absolute atomic E-state index is 11.7. The van der Waals surface area contributed by atoms with Crippen LogP contribution in [0.2, 0.25) is 0 Å². The number of carboxylic acid groups (broad SMARTS) is 1. The van der Waals surface area contributed by atoms with Crippen LogP contribution in [0.4, 0.5) is 5.69 Å². The lowest BCUT2D eigenvalue weighted by Gasteiger charge is -2.09. The van der Waals surface area contributed by atoms with Crippen LogP contribution in [0.25, 0.3) is 0 Å². The molecule has 0 unspecified atom stereocenters. The molecular weight excluding hydrogens is 290 g/mol. The van der Waals surface area contributed by atoms with Gasteiger partial charge in [0.1, 0.15) is 11.3 Å². The number of anilines is 1. The van der Waals surface area contributed by atoms with Crippen LogP contribution in [0.5, 0.6) is 5.75 Å². The van der Waals surface area contributed by atoms with E-state index < -0.39 is 39.0 Å². The molecule has 0 fully saturated rings. The first kappa shape index (κ1) is 15.8. The van der Waals surface area contributed by atoms with Gasteiger partial charge in [0.2, 0.25) is 10.0 Å². The lowest BCUT2D eigenvalue weighted by Crippen LogP contribution is -2.19. The number of benzene rings is 1. The summed E-state index contributed by atoms with van der Waals surface area (Å²) >= 11 is 0. The van der Waals surface area contributed by atoms with Gasteiger partial charge < -0.3 is 14.9 Å². The highest BCUT2D eigenvalue weighted by atomic mass is 32.2. The molecule has 0 heterocycles. The van der Waals surface area contributed by atoms with Gasteiger partial charge in [-0.05, 0) is 18.2 Å². The van der Waals surface area contributed by atoms with Crippen LogP contribution in [-0.2, 0) is 19.6 Å². The average Bonchev–Trinajstić information content (AvgIpc) is 2.37. The largest absolute Gasteiger partial charge is 0.507 e. The number of phenols is 1. The Balaban J connectivity index is 2.85. The fourth-order valence-electron chi connectivity index (χ4n) is 1.32. The van der Waals surface area contributed by atoms with Gasteiger partial charge in [-0.3, -0.25) is 9.52 Å². The van der Waals surface area contributed by atoms with Crippen molar-refractivity contribution in [3.63, 3.8) is 0 Å². The molecule has 9 heteroatoms. The standard InChI is InChI=1S/C11H13NO7S/c1-19-10(14)4-5-20(17,18)12-7-2-3-9(13)8(6-7)11(15)16/h2-3,6,12-13H,4-5H2,1H3,(H,15,16). The van der Waals surface area contributed by atoms with E-state index in [1.54, 1.807) is 0 Å². The van der Waals surface area contributed by atoms with Gasteiger partial charge in [0.05, 0.1) is 19.3 Å². The van der Waals surface area contributed by atoms with Crippen molar-refractivity contribution in [2.24, 2.45) is 0 Å². The average molecular weight is 303 g/mol. The van der Waals surface area contributed by atoms with E-state index in [1.165, 1.54) is 6.07 Å². The number of rotatable bonds is 6. The molecule has 0 radical (unpaired) electrons. The van der Waals surface area contributed by atoms with Crippen molar-refractivity contribution in [2.45, 2.75) is 6.42 Å². The van der Waals surface area contributed by atoms with Gasteiger partial charge in [0.15, 0.2) is 0 Å². The van der Waals surface area contributed by atoms with Crippen molar-refractivity contribution in [1.82, 2.24) is 0 Å². The number of carbonyl (C=O) groups excluding carboxylic acids is 1. The molecule has 20 heavy (non-hydrogen) atoms. The lowest BCUT2D eigenvalue weighted by molar-refractivity contribution is -0.140. The van der Waals surface area contributed by atoms with Gasteiger partial charge in [-0.25, -0.2) is 13.2 Å². The predicted molar refractivity (Wildman–Crippen MR) is 69.1 cm³/mol. The number of sulfonamides is 1. The Morgan fingerprint density at radius 1 is 1.35 bits per heavy atom. The summed E-state index contributed by atoms with van der Waals surface area (Å²) in [5, 5.41) is 18.1. The second-order valence-electron chi connectivity index (χ2n) is 3.78. The molecule has 1 rings (SSSR count). The van der Waals surface area contributed by atoms with Crippen molar-refractivity contribution < 1.29 is 33.0 Å². The first-order valence-corrected chi connectivity index (χ1v) is 7.04. The number of aromatic hydroxyl groups is 1. The molecule has 8 nitrogen and oxygen atoms in total. The van der Waals surface area contributed by atoms with Gasteiger partial charge in [0.25, 0.3) is 0 Å². The number of hydrogen-bond acceptors (Lipinski definition) is 6. The highest BCUT2D eigenvalue weighted by molar-refractivity contribution is 7.92. The van der Waals surface area contributed by atoms with Gasteiger partial charge in [-0.15, -0.1) is 0 Å². The summed E-state index contributed by atoms with van der Waals surface area (Å²) in [7, 11) is -2.68. The van der Waals surface area contributed by atoms with E-state index in [9.17, 15) is 23.1 Å². The van der Waals surface area contributed by atoms with Crippen molar-refractivity contribution in [1.29, 1.82) is 0 Å². The molecule has 0 aromatic heterocycles. The molecular formula is C11H13NO7S. The molecule has 3 N–H and O–H groups in total. The molecule has 0 spiro atoms. The number of carboxylic acids is 1. The number of aromatic carboxylic acids is 1. The first-order chi connectivity index (χ1) is 9.25. The topological polar surface area (TPSA) is 130 Å². The molecule has 0 amide bonds. The van der Waals surface area contributed by atoms with Crippen molar-refractivity contribution in [2.75, 3.05) is 17.6 Å². The molecule has 0 aliphatic rings. The minimum absolute atomic E-state index is 0.0231. The van der Waals surface area contributed by atoms with Gasteiger partial charge in [0, 0.05) is 5.69 Å². The van der Waals surface area contributed by atoms with Gasteiger partial charge in [-0.2, -0.15) is 0 Å². The molecule has 0 atom stereocenters. The van der Waals surface area contributed by atoms with E-state index in [-0.39, 0.29) is 12.1 Å². The third-order valence-corrected chi connectivity index (χ3v) is 3.59. The van der Waals surface area contributed by atoms with Crippen LogP contribution in [-0.4, -0.2) is 43.4 Å². The van der Waals surface area contributed by atoms with E-state index >= 15 is 0 Å². The Bertz CT molecular complexity index is 624. The SMILES string of the molecule is COC(=O)CCS(=O)(=O)Nc1ccc(O)c(C(=O)O)c1. The van der Waals surface area contributed by atoms with Crippen LogP contribution in [0.3, 0.4) is 0 Å². The Labute approximate surface area is 115 Å². The summed E-state index contributed by atoms with van der Waals surface area (Å²) < 4.78 is 29.7. The van der Waals surface area contributed by atoms with E-state index in [1.807, 2.05) is 0 Å². The lowest BCUT2D eigenvalue weighted by atomic mass is 10.2. The zero-order valence-electron chi connectivity index (χ0n) is 10.5. The molecule has 1 aromatic rings. The number of nitrogens with one attached hydrogen (secondary N) is 1. The molecule has 1 aromatic carbocycles. The summed E-state index contributed by atoms with van der Waals surface area (Å²) in [4.78, 5) is 21.7. The quantitative estimate of drug-likeness (QED) is 0.512. The molecule has 110 valence electrons. The fraction of sp³-hybridized carbons (Fsp3) is 0.273. The highest BCUT2D eigenvalue weighted by Gasteiger charge is 2.16. The Morgan fingerprint density at radius 2 is 2.00 bits per heavy atom. The van der Waals surface area contributed by atoms with Crippen LogP contribution in [0.1, 0.15) is 16.8 Å². The minimum atomic E-state index is -3.82. The van der Waals surface area contributed by atoms with Crippen LogP contribution in [0, 0.1) is 0 Å². The predicted octanol–water partition coefficient (Wildman–Crippen LogP) is 0.395. The molecule has 0 aliphatic heterocycles. The van der Waals surface area contributed by atoms with Gasteiger partial charge in [-0.1, -0.05) is 0 Å². The van der Waals surface area contributed by atoms with Gasteiger partial charge >= 0.3 is 11.9 Å². The second-order valence-corrected chi connectivity index (χ2v) is 5.63. The number of carbonyl (C=O) groups is 2. The molecule has 0 aliphatic carbocycles. The number of ether oxygens (including phenoxy) is 1. The first-order valence-electron chi connectivity index (χ1n) is 5.39. The van der Waals surface area contributed by atoms with Crippen molar-refractivity contribution in [3.8, 4) is 5.75 Å². The summed E-state index contributed by atoms with van der Waals surface area (Å²) in [5.41, 5.74) is -0.455. The monoisotopic (exact) mass is 303 g/mol. The van der Waals surface area contributed by atoms with E-state index in [0.717, 1.165) is 19.2 Å². The summed E-state index contributed by atoms with van der Waals surface area (Å²) in [6.07, 6.45) is -0.324.